The Morgan fingerprint density at radius 1 is 1.33 bits per heavy atom. The van der Waals surface area contributed by atoms with E-state index in [1.54, 1.807) is 6.26 Å². The van der Waals surface area contributed by atoms with Crippen molar-refractivity contribution in [3.05, 3.63) is 36.1 Å². The molecular weight excluding hydrogens is 190 g/mol. The van der Waals surface area contributed by atoms with Gasteiger partial charge in [0.2, 0.25) is 0 Å². The van der Waals surface area contributed by atoms with Gasteiger partial charge in [-0.15, -0.1) is 0 Å². The Balaban J connectivity index is 2.11. The van der Waals surface area contributed by atoms with Gasteiger partial charge >= 0.3 is 0 Å². The number of aliphatic hydroxyl groups excluding tert-OH is 1. The van der Waals surface area contributed by atoms with E-state index < -0.39 is 11.6 Å². The molecule has 1 atom stereocenters. The molecule has 1 heterocycles. The quantitative estimate of drug-likeness (QED) is 0.784. The average molecular weight is 203 g/mol. The molecule has 1 aliphatic rings. The highest BCUT2D eigenvalue weighted by molar-refractivity contribution is 5.81. The lowest BCUT2D eigenvalue weighted by molar-refractivity contribution is 0.136. The van der Waals surface area contributed by atoms with Gasteiger partial charge in [0.25, 0.3) is 0 Å². The number of rotatable bonds is 2. The van der Waals surface area contributed by atoms with Gasteiger partial charge in [0.15, 0.2) is 0 Å². The molecule has 0 bridgehead atoms. The Labute approximate surface area is 87.5 Å². The maximum atomic E-state index is 10.1. The van der Waals surface area contributed by atoms with Gasteiger partial charge in [-0.3, -0.25) is 0 Å². The second-order valence-corrected chi connectivity index (χ2v) is 4.32. The van der Waals surface area contributed by atoms with Gasteiger partial charge < -0.3 is 15.3 Å². The average Bonchev–Trinajstić information content (AvgIpc) is 2.87. The van der Waals surface area contributed by atoms with Crippen molar-refractivity contribution in [3.63, 3.8) is 0 Å². The summed E-state index contributed by atoms with van der Waals surface area (Å²) in [5, 5.41) is 11.1. The van der Waals surface area contributed by atoms with E-state index in [1.807, 2.05) is 24.3 Å². The van der Waals surface area contributed by atoms with Crippen LogP contribution in [0.4, 0.5) is 0 Å². The minimum absolute atomic E-state index is 0.424. The van der Waals surface area contributed by atoms with Crippen LogP contribution >= 0.6 is 0 Å². The Morgan fingerprint density at radius 2 is 2.07 bits per heavy atom. The Morgan fingerprint density at radius 3 is 2.80 bits per heavy atom. The van der Waals surface area contributed by atoms with E-state index in [1.165, 1.54) is 0 Å². The number of fused-ring (bicyclic) bond motifs is 1. The van der Waals surface area contributed by atoms with Crippen LogP contribution in [0.5, 0.6) is 0 Å². The summed E-state index contributed by atoms with van der Waals surface area (Å²) in [5.41, 5.74) is 7.17. The fourth-order valence-electron chi connectivity index (χ4n) is 1.94. The highest BCUT2D eigenvalue weighted by Crippen LogP contribution is 2.45. The molecule has 2 aromatic rings. The zero-order chi connectivity index (χ0) is 10.5. The number of nitrogens with two attached hydrogens (primary N) is 1. The van der Waals surface area contributed by atoms with Crippen molar-refractivity contribution in [1.82, 2.24) is 0 Å². The van der Waals surface area contributed by atoms with Gasteiger partial charge in [0.1, 0.15) is 11.7 Å². The van der Waals surface area contributed by atoms with Crippen molar-refractivity contribution in [1.29, 1.82) is 0 Å². The molecule has 1 aromatic carbocycles. The molecule has 1 saturated carbocycles. The molecule has 3 nitrogen and oxygen atoms in total. The van der Waals surface area contributed by atoms with Crippen molar-refractivity contribution >= 4 is 11.0 Å². The summed E-state index contributed by atoms with van der Waals surface area (Å²) in [6, 6.07) is 7.69. The Kier molecular flexibility index (Phi) is 1.69. The maximum absolute atomic E-state index is 10.1. The lowest BCUT2D eigenvalue weighted by Crippen LogP contribution is -2.30. The third-order valence-corrected chi connectivity index (χ3v) is 3.18. The van der Waals surface area contributed by atoms with Gasteiger partial charge in [-0.1, -0.05) is 18.2 Å². The van der Waals surface area contributed by atoms with Gasteiger partial charge in [0.05, 0.1) is 6.26 Å². The summed E-state index contributed by atoms with van der Waals surface area (Å²) in [7, 11) is 0. The minimum atomic E-state index is -0.610. The van der Waals surface area contributed by atoms with E-state index in [-0.39, 0.29) is 0 Å². The SMILES string of the molecule is NC1(C(O)c2coc3ccccc23)CC1. The van der Waals surface area contributed by atoms with Crippen molar-refractivity contribution < 1.29 is 9.52 Å². The maximum Gasteiger partial charge on any atom is 0.134 e. The van der Waals surface area contributed by atoms with Crippen LogP contribution in [-0.4, -0.2) is 10.6 Å². The van der Waals surface area contributed by atoms with E-state index >= 15 is 0 Å². The first-order chi connectivity index (χ1) is 7.21. The molecule has 3 heteroatoms. The summed E-state index contributed by atoms with van der Waals surface area (Å²) in [5.74, 6) is 0. The number of hydrogen-bond acceptors (Lipinski definition) is 3. The van der Waals surface area contributed by atoms with Crippen LogP contribution in [0.1, 0.15) is 24.5 Å². The molecule has 1 aromatic heterocycles. The standard InChI is InChI=1S/C12H13NO2/c13-12(5-6-12)11(14)9-7-15-10-4-2-1-3-8(9)10/h1-4,7,11,14H,5-6,13H2. The number of para-hydroxylation sites is 1. The molecule has 1 aliphatic carbocycles. The summed E-state index contributed by atoms with van der Waals surface area (Å²) in [4.78, 5) is 0. The van der Waals surface area contributed by atoms with Crippen LogP contribution in [0.3, 0.4) is 0 Å². The van der Waals surface area contributed by atoms with Crippen molar-refractivity contribution in [2.24, 2.45) is 5.73 Å². The molecule has 15 heavy (non-hydrogen) atoms. The zero-order valence-corrected chi connectivity index (χ0v) is 8.31. The Bertz CT molecular complexity index is 499. The van der Waals surface area contributed by atoms with Crippen molar-refractivity contribution in [2.75, 3.05) is 0 Å². The summed E-state index contributed by atoms with van der Waals surface area (Å²) in [6.45, 7) is 0. The molecule has 1 unspecified atom stereocenters. The highest BCUT2D eigenvalue weighted by Gasteiger charge is 2.46. The number of hydrogen-bond donors (Lipinski definition) is 2. The second kappa shape index (κ2) is 2.84. The summed E-state index contributed by atoms with van der Waals surface area (Å²) >= 11 is 0. The molecule has 78 valence electrons. The van der Waals surface area contributed by atoms with E-state index in [0.29, 0.717) is 0 Å². The largest absolute Gasteiger partial charge is 0.464 e. The lowest BCUT2D eigenvalue weighted by atomic mass is 10.0. The monoisotopic (exact) mass is 203 g/mol. The van der Waals surface area contributed by atoms with Gasteiger partial charge in [-0.25, -0.2) is 0 Å². The van der Waals surface area contributed by atoms with Gasteiger partial charge in [0, 0.05) is 16.5 Å². The molecule has 0 saturated heterocycles. The third-order valence-electron chi connectivity index (χ3n) is 3.18. The molecule has 1 fully saturated rings. The topological polar surface area (TPSA) is 59.4 Å². The van der Waals surface area contributed by atoms with Crippen LogP contribution < -0.4 is 5.73 Å². The van der Waals surface area contributed by atoms with E-state index in [9.17, 15) is 5.11 Å². The Hall–Kier alpha value is -1.32. The molecular formula is C12H13NO2. The van der Waals surface area contributed by atoms with Crippen LogP contribution in [0.25, 0.3) is 11.0 Å². The van der Waals surface area contributed by atoms with Gasteiger partial charge in [-0.05, 0) is 18.9 Å². The highest BCUT2D eigenvalue weighted by atomic mass is 16.3. The third kappa shape index (κ3) is 1.28. The predicted octanol–water partition coefficient (Wildman–Crippen LogP) is 1.96. The van der Waals surface area contributed by atoms with E-state index in [4.69, 9.17) is 10.2 Å². The summed E-state index contributed by atoms with van der Waals surface area (Å²) in [6.07, 6.45) is 2.77. The molecule has 0 radical (unpaired) electrons. The second-order valence-electron chi connectivity index (χ2n) is 4.32. The number of aliphatic hydroxyl groups is 1. The molecule has 3 rings (SSSR count). The molecule has 0 amide bonds. The van der Waals surface area contributed by atoms with Crippen molar-refractivity contribution in [3.8, 4) is 0 Å². The molecule has 0 aliphatic heterocycles. The van der Waals surface area contributed by atoms with Gasteiger partial charge in [-0.2, -0.15) is 0 Å². The van der Waals surface area contributed by atoms with Crippen LogP contribution in [0.15, 0.2) is 34.9 Å². The minimum Gasteiger partial charge on any atom is -0.464 e. The van der Waals surface area contributed by atoms with E-state index in [2.05, 4.69) is 0 Å². The van der Waals surface area contributed by atoms with Crippen LogP contribution in [-0.2, 0) is 0 Å². The molecule has 0 spiro atoms. The smallest absolute Gasteiger partial charge is 0.134 e. The first kappa shape index (κ1) is 8.95. The normalized spacial score (nSPS) is 20.4. The van der Waals surface area contributed by atoms with Crippen molar-refractivity contribution in [2.45, 2.75) is 24.5 Å². The fourth-order valence-corrected chi connectivity index (χ4v) is 1.94. The zero-order valence-electron chi connectivity index (χ0n) is 8.31. The van der Waals surface area contributed by atoms with Crippen LogP contribution in [0, 0.1) is 0 Å². The first-order valence-corrected chi connectivity index (χ1v) is 5.14. The predicted molar refractivity (Wildman–Crippen MR) is 57.3 cm³/mol. The summed E-state index contributed by atoms with van der Waals surface area (Å²) < 4.78 is 5.38. The first-order valence-electron chi connectivity index (χ1n) is 5.14. The lowest BCUT2D eigenvalue weighted by Gasteiger charge is -2.16. The fraction of sp³-hybridized carbons (Fsp3) is 0.333. The van der Waals surface area contributed by atoms with E-state index in [0.717, 1.165) is 29.4 Å². The number of benzene rings is 1. The number of furan rings is 1. The molecule has 3 N–H and O–H groups in total. The van der Waals surface area contributed by atoms with Crippen LogP contribution in [0.2, 0.25) is 0 Å².